The van der Waals surface area contributed by atoms with Gasteiger partial charge >= 0.3 is 0 Å². The number of hydrogen-bond acceptors (Lipinski definition) is 5. The lowest BCUT2D eigenvalue weighted by Gasteiger charge is -2.18. The van der Waals surface area contributed by atoms with Gasteiger partial charge in [0.15, 0.2) is 5.76 Å². The molecule has 0 aliphatic rings. The molecular weight excluding hydrogens is 368 g/mol. The van der Waals surface area contributed by atoms with Crippen LogP contribution >= 0.6 is 0 Å². The summed E-state index contributed by atoms with van der Waals surface area (Å²) in [5.41, 5.74) is 3.13. The van der Waals surface area contributed by atoms with Crippen LogP contribution in [0.3, 0.4) is 0 Å². The molecule has 150 valence electrons. The minimum Gasteiger partial charge on any atom is -0.359 e. The molecule has 1 aromatic heterocycles. The van der Waals surface area contributed by atoms with Gasteiger partial charge in [0.25, 0.3) is 0 Å². The number of rotatable bonds is 8. The molecule has 29 heavy (non-hydrogen) atoms. The molecule has 0 saturated heterocycles. The van der Waals surface area contributed by atoms with E-state index >= 15 is 0 Å². The third kappa shape index (κ3) is 6.02. The van der Waals surface area contributed by atoms with Crippen LogP contribution in [-0.2, 0) is 16.1 Å². The maximum atomic E-state index is 12.4. The van der Waals surface area contributed by atoms with Crippen LogP contribution in [0.15, 0.2) is 65.2 Å². The second-order valence-corrected chi connectivity index (χ2v) is 6.65. The van der Waals surface area contributed by atoms with Crippen molar-refractivity contribution in [1.29, 1.82) is 0 Å². The van der Waals surface area contributed by atoms with Crippen molar-refractivity contribution in [3.8, 4) is 11.3 Å². The molecule has 0 aliphatic heterocycles. The largest absolute Gasteiger partial charge is 0.359 e. The summed E-state index contributed by atoms with van der Waals surface area (Å²) in [6, 6.07) is 18.7. The van der Waals surface area contributed by atoms with Gasteiger partial charge in [-0.15, -0.1) is 0 Å². The lowest BCUT2D eigenvalue weighted by atomic mass is 10.1. The molecule has 0 bridgehead atoms. The molecule has 3 aromatic rings. The second-order valence-electron chi connectivity index (χ2n) is 6.65. The Bertz CT molecular complexity index is 952. The predicted octanol–water partition coefficient (Wildman–Crippen LogP) is 3.76. The molecule has 0 radical (unpaired) electrons. The van der Waals surface area contributed by atoms with Crippen molar-refractivity contribution in [2.45, 2.75) is 20.4 Å². The molecule has 0 saturated carbocycles. The molecule has 7 nitrogen and oxygen atoms in total. The Morgan fingerprint density at radius 1 is 1.00 bits per heavy atom. The van der Waals surface area contributed by atoms with E-state index in [1.165, 1.54) is 6.92 Å². The van der Waals surface area contributed by atoms with E-state index in [0.29, 0.717) is 30.2 Å². The molecular formula is C22H24N4O3. The predicted molar refractivity (Wildman–Crippen MR) is 112 cm³/mol. The van der Waals surface area contributed by atoms with E-state index in [1.54, 1.807) is 24.3 Å². The van der Waals surface area contributed by atoms with Gasteiger partial charge in [-0.3, -0.25) is 14.5 Å². The van der Waals surface area contributed by atoms with Crippen molar-refractivity contribution in [2.75, 3.05) is 23.7 Å². The topological polar surface area (TPSA) is 87.5 Å². The van der Waals surface area contributed by atoms with Crippen LogP contribution in [0.5, 0.6) is 0 Å². The first-order valence-corrected chi connectivity index (χ1v) is 9.44. The first-order valence-electron chi connectivity index (χ1n) is 9.44. The summed E-state index contributed by atoms with van der Waals surface area (Å²) in [5, 5.41) is 9.67. The summed E-state index contributed by atoms with van der Waals surface area (Å²) in [6.45, 7) is 4.85. The highest BCUT2D eigenvalue weighted by atomic mass is 16.5. The zero-order valence-electron chi connectivity index (χ0n) is 16.5. The van der Waals surface area contributed by atoms with E-state index < -0.39 is 0 Å². The molecule has 0 spiro atoms. The maximum absolute atomic E-state index is 12.4. The van der Waals surface area contributed by atoms with Crippen molar-refractivity contribution in [2.24, 2.45) is 0 Å². The molecule has 2 N–H and O–H groups in total. The number of benzene rings is 2. The third-order valence-corrected chi connectivity index (χ3v) is 4.31. The summed E-state index contributed by atoms with van der Waals surface area (Å²) < 4.78 is 5.44. The minimum absolute atomic E-state index is 0.123. The lowest BCUT2D eigenvalue weighted by Crippen LogP contribution is -2.32. The van der Waals surface area contributed by atoms with Crippen molar-refractivity contribution >= 4 is 23.2 Å². The van der Waals surface area contributed by atoms with Gasteiger partial charge in [0.2, 0.25) is 11.8 Å². The van der Waals surface area contributed by atoms with Crippen LogP contribution in [0.2, 0.25) is 0 Å². The van der Waals surface area contributed by atoms with Gasteiger partial charge in [0.05, 0.1) is 13.1 Å². The fraction of sp³-hybridized carbons (Fsp3) is 0.227. The zero-order valence-corrected chi connectivity index (χ0v) is 16.5. The van der Waals surface area contributed by atoms with Crippen LogP contribution in [0.4, 0.5) is 11.4 Å². The summed E-state index contributed by atoms with van der Waals surface area (Å²) in [5.74, 6) is 0.447. The van der Waals surface area contributed by atoms with Gasteiger partial charge in [0.1, 0.15) is 5.69 Å². The number of carbonyl (C=O) groups is 2. The van der Waals surface area contributed by atoms with Crippen LogP contribution in [-0.4, -0.2) is 35.0 Å². The van der Waals surface area contributed by atoms with E-state index in [-0.39, 0.29) is 18.4 Å². The fourth-order valence-corrected chi connectivity index (χ4v) is 2.88. The Balaban J connectivity index is 1.55. The standard InChI is InChI=1S/C22H24N4O3/c1-3-26(14-20-13-21(25-29-20)17-7-5-4-6-8-17)15-22(28)24-19-11-9-18(10-12-19)23-16(2)27/h4-13H,3,14-15H2,1-2H3,(H,23,27)(H,24,28). The number of aromatic nitrogens is 1. The molecule has 2 amide bonds. The average molecular weight is 392 g/mol. The Morgan fingerprint density at radius 2 is 1.66 bits per heavy atom. The molecule has 3 rings (SSSR count). The Labute approximate surface area is 169 Å². The number of nitrogens with zero attached hydrogens (tertiary/aromatic N) is 2. The van der Waals surface area contributed by atoms with Crippen molar-refractivity contribution in [3.05, 3.63) is 66.4 Å². The summed E-state index contributed by atoms with van der Waals surface area (Å²) in [7, 11) is 0. The van der Waals surface area contributed by atoms with Crippen LogP contribution < -0.4 is 10.6 Å². The molecule has 2 aromatic carbocycles. The number of amides is 2. The molecule has 0 unspecified atom stereocenters. The van der Waals surface area contributed by atoms with Gasteiger partial charge < -0.3 is 15.2 Å². The van der Waals surface area contributed by atoms with Gasteiger partial charge in [-0.05, 0) is 30.8 Å². The first-order chi connectivity index (χ1) is 14.0. The van der Waals surface area contributed by atoms with E-state index in [9.17, 15) is 9.59 Å². The van der Waals surface area contributed by atoms with Gasteiger partial charge in [0, 0.05) is 29.9 Å². The van der Waals surface area contributed by atoms with Gasteiger partial charge in [-0.2, -0.15) is 0 Å². The smallest absolute Gasteiger partial charge is 0.238 e. The van der Waals surface area contributed by atoms with E-state index in [1.807, 2.05) is 48.2 Å². The van der Waals surface area contributed by atoms with Gasteiger partial charge in [-0.1, -0.05) is 42.4 Å². The highest BCUT2D eigenvalue weighted by Crippen LogP contribution is 2.19. The monoisotopic (exact) mass is 392 g/mol. The number of likely N-dealkylation sites (N-methyl/N-ethyl adjacent to an activating group) is 1. The molecule has 0 atom stereocenters. The SMILES string of the molecule is CCN(CC(=O)Nc1ccc(NC(C)=O)cc1)Cc1cc(-c2ccccc2)no1. The summed E-state index contributed by atoms with van der Waals surface area (Å²) in [6.07, 6.45) is 0. The quantitative estimate of drug-likeness (QED) is 0.609. The average Bonchev–Trinajstić information content (AvgIpc) is 3.18. The Hall–Kier alpha value is -3.45. The van der Waals surface area contributed by atoms with Crippen molar-refractivity contribution in [3.63, 3.8) is 0 Å². The zero-order chi connectivity index (χ0) is 20.6. The van der Waals surface area contributed by atoms with Crippen molar-refractivity contribution in [1.82, 2.24) is 10.1 Å². The van der Waals surface area contributed by atoms with Crippen LogP contribution in [0, 0.1) is 0 Å². The van der Waals surface area contributed by atoms with Crippen LogP contribution in [0.25, 0.3) is 11.3 Å². The lowest BCUT2D eigenvalue weighted by molar-refractivity contribution is -0.117. The summed E-state index contributed by atoms with van der Waals surface area (Å²) >= 11 is 0. The van der Waals surface area contributed by atoms with Crippen molar-refractivity contribution < 1.29 is 14.1 Å². The van der Waals surface area contributed by atoms with E-state index in [2.05, 4.69) is 15.8 Å². The number of nitrogens with one attached hydrogen (secondary N) is 2. The highest BCUT2D eigenvalue weighted by molar-refractivity contribution is 5.93. The highest BCUT2D eigenvalue weighted by Gasteiger charge is 2.14. The second kappa shape index (κ2) is 9.66. The third-order valence-electron chi connectivity index (χ3n) is 4.31. The Morgan fingerprint density at radius 3 is 2.28 bits per heavy atom. The number of hydrogen-bond donors (Lipinski definition) is 2. The maximum Gasteiger partial charge on any atom is 0.238 e. The number of anilines is 2. The van der Waals surface area contributed by atoms with Crippen LogP contribution in [0.1, 0.15) is 19.6 Å². The Kier molecular flexibility index (Phi) is 6.76. The normalized spacial score (nSPS) is 10.7. The first kappa shape index (κ1) is 20.3. The number of carbonyl (C=O) groups excluding carboxylic acids is 2. The fourth-order valence-electron chi connectivity index (χ4n) is 2.88. The minimum atomic E-state index is -0.136. The summed E-state index contributed by atoms with van der Waals surface area (Å²) in [4.78, 5) is 25.4. The van der Waals surface area contributed by atoms with E-state index in [0.717, 1.165) is 11.3 Å². The van der Waals surface area contributed by atoms with Gasteiger partial charge in [-0.25, -0.2) is 0 Å². The molecule has 0 aliphatic carbocycles. The molecule has 1 heterocycles. The molecule has 0 fully saturated rings. The molecule has 7 heteroatoms. The van der Waals surface area contributed by atoms with E-state index in [4.69, 9.17) is 4.52 Å².